The Morgan fingerprint density at radius 3 is 2.68 bits per heavy atom. The van der Waals surface area contributed by atoms with Crippen LogP contribution in [0.3, 0.4) is 0 Å². The van der Waals surface area contributed by atoms with Crippen molar-refractivity contribution in [2.45, 2.75) is 33.1 Å². The first-order valence-corrected chi connectivity index (χ1v) is 8.57. The number of hydrogen-bond donors (Lipinski definition) is 2. The number of nitrogens with one attached hydrogen (secondary N) is 2. The Morgan fingerprint density at radius 1 is 1.20 bits per heavy atom. The molecule has 2 rings (SSSR count). The van der Waals surface area contributed by atoms with Crippen LogP contribution in [0.15, 0.2) is 23.2 Å². The van der Waals surface area contributed by atoms with E-state index in [0.29, 0.717) is 19.9 Å². The predicted molar refractivity (Wildman–Crippen MR) is 111 cm³/mol. The number of nitrogens with zero attached hydrogens (tertiary/aromatic N) is 1. The molecule has 1 aromatic carbocycles. The van der Waals surface area contributed by atoms with Gasteiger partial charge < -0.3 is 24.8 Å². The van der Waals surface area contributed by atoms with Gasteiger partial charge in [0.15, 0.2) is 17.5 Å². The number of ether oxygens (including phenoxy) is 3. The summed E-state index contributed by atoms with van der Waals surface area (Å²) in [4.78, 5) is 4.72. The zero-order valence-corrected chi connectivity index (χ0v) is 17.9. The molecule has 1 aliphatic heterocycles. The summed E-state index contributed by atoms with van der Waals surface area (Å²) in [6.45, 7) is 12.3. The molecule has 1 heterocycles. The van der Waals surface area contributed by atoms with Crippen molar-refractivity contribution in [2.75, 3.05) is 39.6 Å². The van der Waals surface area contributed by atoms with E-state index in [-0.39, 0.29) is 29.4 Å². The third-order valence-corrected chi connectivity index (χ3v) is 3.87. The Hall–Kier alpha value is -1.22. The zero-order chi connectivity index (χ0) is 17.4. The Bertz CT molecular complexity index is 564. The number of aliphatic imine (C=N–C) groups is 1. The van der Waals surface area contributed by atoms with Crippen molar-refractivity contribution in [1.82, 2.24) is 10.6 Å². The van der Waals surface area contributed by atoms with E-state index >= 15 is 0 Å². The quantitative estimate of drug-likeness (QED) is 0.269. The van der Waals surface area contributed by atoms with Crippen LogP contribution in [0.25, 0.3) is 0 Å². The SMILES string of the molecule is CCNC(=NCC(C)(C)c1ccc2c(c1)OCO2)NCCOCC.I. The smallest absolute Gasteiger partial charge is 0.231 e. The summed E-state index contributed by atoms with van der Waals surface area (Å²) in [5.41, 5.74) is 1.07. The molecule has 2 N–H and O–H groups in total. The standard InChI is InChI=1S/C18H29N3O3.HI/c1-5-19-17(20-9-10-22-6-2)21-12-18(3,4)14-7-8-15-16(11-14)24-13-23-15;/h7-8,11H,5-6,9-10,12-13H2,1-4H3,(H2,19,20,21);1H. The average Bonchev–Trinajstić information content (AvgIpc) is 3.04. The highest BCUT2D eigenvalue weighted by atomic mass is 127. The van der Waals surface area contributed by atoms with Crippen LogP contribution in [0.1, 0.15) is 33.3 Å². The molecule has 0 atom stereocenters. The second-order valence-corrected chi connectivity index (χ2v) is 6.27. The fraction of sp³-hybridized carbons (Fsp3) is 0.611. The third-order valence-electron chi connectivity index (χ3n) is 3.87. The van der Waals surface area contributed by atoms with Gasteiger partial charge in [-0.1, -0.05) is 19.9 Å². The van der Waals surface area contributed by atoms with E-state index < -0.39 is 0 Å². The molecule has 0 aliphatic carbocycles. The Kier molecular flexibility index (Phi) is 9.34. The molecule has 142 valence electrons. The lowest BCUT2D eigenvalue weighted by atomic mass is 9.84. The maximum Gasteiger partial charge on any atom is 0.231 e. The minimum absolute atomic E-state index is 0. The molecule has 0 spiro atoms. The molecule has 7 heteroatoms. The van der Waals surface area contributed by atoms with Crippen LogP contribution >= 0.6 is 24.0 Å². The van der Waals surface area contributed by atoms with E-state index in [2.05, 4.69) is 37.5 Å². The van der Waals surface area contributed by atoms with Gasteiger partial charge in [0.25, 0.3) is 0 Å². The van der Waals surface area contributed by atoms with Crippen LogP contribution in [0.5, 0.6) is 11.5 Å². The number of benzene rings is 1. The van der Waals surface area contributed by atoms with Gasteiger partial charge in [0, 0.05) is 25.1 Å². The largest absolute Gasteiger partial charge is 0.454 e. The van der Waals surface area contributed by atoms with E-state index in [1.807, 2.05) is 19.1 Å². The molecule has 0 aromatic heterocycles. The molecule has 1 aliphatic rings. The monoisotopic (exact) mass is 463 g/mol. The van der Waals surface area contributed by atoms with E-state index in [4.69, 9.17) is 19.2 Å². The maximum absolute atomic E-state index is 5.48. The highest BCUT2D eigenvalue weighted by molar-refractivity contribution is 14.0. The first kappa shape index (κ1) is 21.8. The first-order valence-electron chi connectivity index (χ1n) is 8.57. The zero-order valence-electron chi connectivity index (χ0n) is 15.6. The van der Waals surface area contributed by atoms with Gasteiger partial charge in [-0.15, -0.1) is 24.0 Å². The van der Waals surface area contributed by atoms with Crippen molar-refractivity contribution in [2.24, 2.45) is 4.99 Å². The molecule has 25 heavy (non-hydrogen) atoms. The molecular formula is C18H30IN3O3. The van der Waals surface area contributed by atoms with Crippen LogP contribution in [0.4, 0.5) is 0 Å². The molecule has 0 unspecified atom stereocenters. The fourth-order valence-electron chi connectivity index (χ4n) is 2.41. The Morgan fingerprint density at radius 2 is 1.96 bits per heavy atom. The highest BCUT2D eigenvalue weighted by Gasteiger charge is 2.24. The molecule has 0 saturated carbocycles. The van der Waals surface area contributed by atoms with Crippen LogP contribution in [0, 0.1) is 0 Å². The van der Waals surface area contributed by atoms with Gasteiger partial charge >= 0.3 is 0 Å². The summed E-state index contributed by atoms with van der Waals surface area (Å²) in [5, 5.41) is 6.55. The van der Waals surface area contributed by atoms with E-state index in [0.717, 1.165) is 37.2 Å². The summed E-state index contributed by atoms with van der Waals surface area (Å²) in [7, 11) is 0. The lowest BCUT2D eigenvalue weighted by Gasteiger charge is -2.24. The van der Waals surface area contributed by atoms with Crippen molar-refractivity contribution in [3.8, 4) is 11.5 Å². The Balaban J connectivity index is 0.00000312. The van der Waals surface area contributed by atoms with Crippen LogP contribution in [-0.2, 0) is 10.2 Å². The molecule has 0 bridgehead atoms. The molecule has 6 nitrogen and oxygen atoms in total. The normalized spacial score (nSPS) is 13.4. The average molecular weight is 463 g/mol. The van der Waals surface area contributed by atoms with Gasteiger partial charge in [-0.25, -0.2) is 0 Å². The number of hydrogen-bond acceptors (Lipinski definition) is 4. The summed E-state index contributed by atoms with van der Waals surface area (Å²) < 4.78 is 16.2. The molecule has 1 aromatic rings. The lowest BCUT2D eigenvalue weighted by Crippen LogP contribution is -2.40. The summed E-state index contributed by atoms with van der Waals surface area (Å²) in [6.07, 6.45) is 0. The Labute approximate surface area is 167 Å². The van der Waals surface area contributed by atoms with Crippen molar-refractivity contribution < 1.29 is 14.2 Å². The van der Waals surface area contributed by atoms with E-state index in [1.165, 1.54) is 5.56 Å². The van der Waals surface area contributed by atoms with Crippen LogP contribution < -0.4 is 20.1 Å². The van der Waals surface area contributed by atoms with Gasteiger partial charge in [-0.3, -0.25) is 4.99 Å². The number of rotatable bonds is 8. The minimum Gasteiger partial charge on any atom is -0.454 e. The molecular weight excluding hydrogens is 433 g/mol. The number of halogens is 1. The van der Waals surface area contributed by atoms with Crippen molar-refractivity contribution in [1.29, 1.82) is 0 Å². The van der Waals surface area contributed by atoms with Gasteiger partial charge in [-0.2, -0.15) is 0 Å². The van der Waals surface area contributed by atoms with Gasteiger partial charge in [0.2, 0.25) is 6.79 Å². The first-order chi connectivity index (χ1) is 11.6. The maximum atomic E-state index is 5.48. The van der Waals surface area contributed by atoms with Crippen molar-refractivity contribution >= 4 is 29.9 Å². The highest BCUT2D eigenvalue weighted by Crippen LogP contribution is 2.36. The molecule has 0 saturated heterocycles. The van der Waals surface area contributed by atoms with Gasteiger partial charge in [0.1, 0.15) is 0 Å². The third kappa shape index (κ3) is 6.54. The molecule has 0 fully saturated rings. The lowest BCUT2D eigenvalue weighted by molar-refractivity contribution is 0.152. The fourth-order valence-corrected chi connectivity index (χ4v) is 2.41. The van der Waals surface area contributed by atoms with Gasteiger partial charge in [0.05, 0.1) is 13.2 Å². The van der Waals surface area contributed by atoms with Crippen LogP contribution in [0.2, 0.25) is 0 Å². The van der Waals surface area contributed by atoms with Gasteiger partial charge in [-0.05, 0) is 31.5 Å². The molecule has 0 radical (unpaired) electrons. The summed E-state index contributed by atoms with van der Waals surface area (Å²) in [6, 6.07) is 6.10. The predicted octanol–water partition coefficient (Wildman–Crippen LogP) is 2.90. The molecule has 0 amide bonds. The second-order valence-electron chi connectivity index (χ2n) is 6.27. The summed E-state index contributed by atoms with van der Waals surface area (Å²) >= 11 is 0. The van der Waals surface area contributed by atoms with E-state index in [9.17, 15) is 0 Å². The topological polar surface area (TPSA) is 64.1 Å². The van der Waals surface area contributed by atoms with Crippen molar-refractivity contribution in [3.63, 3.8) is 0 Å². The number of guanidine groups is 1. The number of fused-ring (bicyclic) bond motifs is 1. The minimum atomic E-state index is -0.108. The summed E-state index contributed by atoms with van der Waals surface area (Å²) in [5.74, 6) is 2.43. The van der Waals surface area contributed by atoms with Crippen LogP contribution in [-0.4, -0.2) is 45.6 Å². The van der Waals surface area contributed by atoms with Crippen molar-refractivity contribution in [3.05, 3.63) is 23.8 Å². The second kappa shape index (κ2) is 10.7. The van der Waals surface area contributed by atoms with E-state index in [1.54, 1.807) is 0 Å².